The van der Waals surface area contributed by atoms with E-state index >= 15 is 0 Å². The lowest BCUT2D eigenvalue weighted by Crippen LogP contribution is -2.11. The first kappa shape index (κ1) is 11.9. The highest BCUT2D eigenvalue weighted by Crippen LogP contribution is 2.17. The topological polar surface area (TPSA) is 72.2 Å². The average Bonchev–Trinajstić information content (AvgIpc) is 2.09. The Hall–Kier alpha value is -1.14. The van der Waals surface area contributed by atoms with Gasteiger partial charge in [-0.25, -0.2) is 12.8 Å². The summed E-state index contributed by atoms with van der Waals surface area (Å²) in [4.78, 5) is 0. The Morgan fingerprint density at radius 3 is 2.67 bits per heavy atom. The Morgan fingerprint density at radius 1 is 1.47 bits per heavy atom. The van der Waals surface area contributed by atoms with Crippen molar-refractivity contribution < 1.29 is 12.8 Å². The highest BCUT2D eigenvalue weighted by molar-refractivity contribution is 7.92. The van der Waals surface area contributed by atoms with Crippen LogP contribution in [0.1, 0.15) is 5.56 Å². The molecule has 3 N–H and O–H groups in total. The van der Waals surface area contributed by atoms with Crippen LogP contribution in [0, 0.1) is 5.82 Å². The van der Waals surface area contributed by atoms with Crippen molar-refractivity contribution >= 4 is 15.7 Å². The molecule has 0 aliphatic carbocycles. The van der Waals surface area contributed by atoms with Gasteiger partial charge in [-0.2, -0.15) is 0 Å². The van der Waals surface area contributed by atoms with Crippen molar-refractivity contribution in [3.8, 4) is 0 Å². The number of halogens is 1. The molecule has 0 fully saturated rings. The van der Waals surface area contributed by atoms with E-state index in [0.717, 1.165) is 11.8 Å². The van der Waals surface area contributed by atoms with Crippen molar-refractivity contribution in [2.45, 2.75) is 6.42 Å². The van der Waals surface area contributed by atoms with Crippen molar-refractivity contribution in [3.05, 3.63) is 29.6 Å². The van der Waals surface area contributed by atoms with Crippen LogP contribution in [-0.2, 0) is 16.4 Å². The molecule has 15 heavy (non-hydrogen) atoms. The van der Waals surface area contributed by atoms with Crippen LogP contribution in [0.25, 0.3) is 0 Å². The van der Waals surface area contributed by atoms with Crippen molar-refractivity contribution in [1.82, 2.24) is 0 Å². The molecule has 1 aromatic carbocycles. The zero-order chi connectivity index (χ0) is 11.5. The van der Waals surface area contributed by atoms with Crippen molar-refractivity contribution in [2.24, 2.45) is 5.73 Å². The smallest absolute Gasteiger partial charge is 0.229 e. The zero-order valence-corrected chi connectivity index (χ0v) is 9.14. The number of hydrogen-bond acceptors (Lipinski definition) is 3. The van der Waals surface area contributed by atoms with Crippen LogP contribution >= 0.6 is 0 Å². The second-order valence-corrected chi connectivity index (χ2v) is 4.98. The van der Waals surface area contributed by atoms with E-state index in [1.807, 2.05) is 0 Å². The van der Waals surface area contributed by atoms with Gasteiger partial charge in [0.05, 0.1) is 11.9 Å². The predicted molar refractivity (Wildman–Crippen MR) is 57.6 cm³/mol. The van der Waals surface area contributed by atoms with E-state index in [1.54, 1.807) is 6.07 Å². The monoisotopic (exact) mass is 232 g/mol. The first-order valence-corrected chi connectivity index (χ1v) is 6.28. The second-order valence-electron chi connectivity index (χ2n) is 3.23. The summed E-state index contributed by atoms with van der Waals surface area (Å²) in [5.41, 5.74) is 6.10. The number of sulfonamides is 1. The molecule has 84 valence electrons. The first-order chi connectivity index (χ1) is 6.92. The van der Waals surface area contributed by atoms with E-state index in [4.69, 9.17) is 5.73 Å². The van der Waals surface area contributed by atoms with Gasteiger partial charge in [0, 0.05) is 0 Å². The molecule has 1 aromatic rings. The fourth-order valence-corrected chi connectivity index (χ4v) is 1.73. The molecule has 0 atom stereocenters. The lowest BCUT2D eigenvalue weighted by molar-refractivity contribution is 0.603. The molecule has 0 unspecified atom stereocenters. The van der Waals surface area contributed by atoms with Gasteiger partial charge < -0.3 is 5.73 Å². The van der Waals surface area contributed by atoms with Crippen LogP contribution in [0.4, 0.5) is 10.1 Å². The Balaban J connectivity index is 3.00. The predicted octanol–water partition coefficient (Wildman–Crippen LogP) is 0.698. The first-order valence-electron chi connectivity index (χ1n) is 4.38. The molecule has 0 amide bonds. The summed E-state index contributed by atoms with van der Waals surface area (Å²) < 4.78 is 37.1. The van der Waals surface area contributed by atoms with Crippen LogP contribution < -0.4 is 10.5 Å². The summed E-state index contributed by atoms with van der Waals surface area (Å²) in [6.45, 7) is 0.434. The molecule has 0 bridgehead atoms. The maximum Gasteiger partial charge on any atom is 0.229 e. The van der Waals surface area contributed by atoms with Gasteiger partial charge >= 0.3 is 0 Å². The van der Waals surface area contributed by atoms with Crippen LogP contribution in [0.5, 0.6) is 0 Å². The van der Waals surface area contributed by atoms with E-state index in [0.29, 0.717) is 13.0 Å². The third-order valence-corrected chi connectivity index (χ3v) is 2.35. The number of nitrogens with two attached hydrogens (primary N) is 1. The SMILES string of the molecule is CS(=O)(=O)Nc1cc(CCN)ccc1F. The van der Waals surface area contributed by atoms with Gasteiger partial charge in [-0.15, -0.1) is 0 Å². The Bertz CT molecular complexity index is 445. The van der Waals surface area contributed by atoms with Gasteiger partial charge in [-0.1, -0.05) is 6.07 Å². The lowest BCUT2D eigenvalue weighted by atomic mass is 10.1. The minimum absolute atomic E-state index is 0.0385. The lowest BCUT2D eigenvalue weighted by Gasteiger charge is -2.07. The maximum atomic E-state index is 13.2. The standard InChI is InChI=1S/C9H13FN2O2S/c1-15(13,14)12-9-6-7(4-5-11)2-3-8(9)10/h2-3,6,12H,4-5,11H2,1H3. The highest BCUT2D eigenvalue weighted by atomic mass is 32.2. The molecule has 0 aliphatic heterocycles. The highest BCUT2D eigenvalue weighted by Gasteiger charge is 2.07. The van der Waals surface area contributed by atoms with E-state index in [-0.39, 0.29) is 5.69 Å². The van der Waals surface area contributed by atoms with Crippen molar-refractivity contribution in [3.63, 3.8) is 0 Å². The number of benzene rings is 1. The Kier molecular flexibility index (Phi) is 3.65. The molecule has 0 radical (unpaired) electrons. The summed E-state index contributed by atoms with van der Waals surface area (Å²) >= 11 is 0. The van der Waals surface area contributed by atoms with Crippen LogP contribution in [0.15, 0.2) is 18.2 Å². The van der Waals surface area contributed by atoms with Gasteiger partial charge in [0.1, 0.15) is 5.82 Å². The third kappa shape index (κ3) is 3.85. The summed E-state index contributed by atoms with van der Waals surface area (Å²) in [5.74, 6) is -0.596. The summed E-state index contributed by atoms with van der Waals surface area (Å²) in [5, 5.41) is 0. The fourth-order valence-electron chi connectivity index (χ4n) is 1.17. The van der Waals surface area contributed by atoms with E-state index in [1.165, 1.54) is 12.1 Å². The molecule has 0 aromatic heterocycles. The van der Waals surface area contributed by atoms with Crippen molar-refractivity contribution in [2.75, 3.05) is 17.5 Å². The van der Waals surface area contributed by atoms with Gasteiger partial charge in [0.15, 0.2) is 0 Å². The minimum Gasteiger partial charge on any atom is -0.330 e. The van der Waals surface area contributed by atoms with Gasteiger partial charge in [0.25, 0.3) is 0 Å². The average molecular weight is 232 g/mol. The molecule has 0 saturated carbocycles. The molecule has 4 nitrogen and oxygen atoms in total. The van der Waals surface area contributed by atoms with Gasteiger partial charge in [-0.05, 0) is 30.7 Å². The largest absolute Gasteiger partial charge is 0.330 e. The molecule has 1 rings (SSSR count). The molecular formula is C9H13FN2O2S. The van der Waals surface area contributed by atoms with Crippen LogP contribution in [0.2, 0.25) is 0 Å². The molecule has 6 heteroatoms. The Morgan fingerprint density at radius 2 is 2.13 bits per heavy atom. The maximum absolute atomic E-state index is 13.2. The van der Waals surface area contributed by atoms with Gasteiger partial charge in [-0.3, -0.25) is 4.72 Å². The quantitative estimate of drug-likeness (QED) is 0.802. The van der Waals surface area contributed by atoms with E-state index < -0.39 is 15.8 Å². The second kappa shape index (κ2) is 4.59. The fraction of sp³-hybridized carbons (Fsp3) is 0.333. The molecule has 0 heterocycles. The number of anilines is 1. The normalized spacial score (nSPS) is 11.4. The summed E-state index contributed by atoms with van der Waals surface area (Å²) in [7, 11) is -3.45. The summed E-state index contributed by atoms with van der Waals surface area (Å²) in [6, 6.07) is 4.25. The Labute approximate surface area is 88.3 Å². The third-order valence-electron chi connectivity index (χ3n) is 1.76. The number of hydrogen-bond donors (Lipinski definition) is 2. The molecule has 0 aliphatic rings. The number of rotatable bonds is 4. The summed E-state index contributed by atoms with van der Waals surface area (Å²) in [6.07, 6.45) is 1.56. The molecule has 0 spiro atoms. The molecular weight excluding hydrogens is 219 g/mol. The minimum atomic E-state index is -3.45. The van der Waals surface area contributed by atoms with Crippen molar-refractivity contribution in [1.29, 1.82) is 0 Å². The van der Waals surface area contributed by atoms with Crippen LogP contribution in [0.3, 0.4) is 0 Å². The number of nitrogens with one attached hydrogen (secondary N) is 1. The zero-order valence-electron chi connectivity index (χ0n) is 8.33. The van der Waals surface area contributed by atoms with Crippen LogP contribution in [-0.4, -0.2) is 21.2 Å². The van der Waals surface area contributed by atoms with E-state index in [2.05, 4.69) is 4.72 Å². The van der Waals surface area contributed by atoms with E-state index in [9.17, 15) is 12.8 Å². The molecule has 0 saturated heterocycles. The van der Waals surface area contributed by atoms with Gasteiger partial charge in [0.2, 0.25) is 10.0 Å².